The summed E-state index contributed by atoms with van der Waals surface area (Å²) in [5.41, 5.74) is 7.24. The van der Waals surface area contributed by atoms with Gasteiger partial charge < -0.3 is 15.2 Å². The van der Waals surface area contributed by atoms with Crippen molar-refractivity contribution in [2.45, 2.75) is 26.3 Å². The Bertz CT molecular complexity index is 351. The molecule has 2 N–H and O–H groups in total. The van der Waals surface area contributed by atoms with E-state index in [0.29, 0.717) is 12.7 Å². The van der Waals surface area contributed by atoms with Crippen molar-refractivity contribution in [3.63, 3.8) is 0 Å². The highest BCUT2D eigenvalue weighted by Crippen LogP contribution is 2.39. The van der Waals surface area contributed by atoms with Crippen LogP contribution in [0.3, 0.4) is 0 Å². The van der Waals surface area contributed by atoms with Crippen molar-refractivity contribution < 1.29 is 9.47 Å². The van der Waals surface area contributed by atoms with E-state index in [2.05, 4.69) is 13.8 Å². The van der Waals surface area contributed by atoms with Crippen molar-refractivity contribution in [1.82, 2.24) is 0 Å². The number of hydrogen-bond acceptors (Lipinski definition) is 3. The molecule has 0 radical (unpaired) electrons. The monoisotopic (exact) mass is 207 g/mol. The quantitative estimate of drug-likeness (QED) is 0.828. The Morgan fingerprint density at radius 1 is 1.40 bits per heavy atom. The van der Waals surface area contributed by atoms with E-state index in [9.17, 15) is 0 Å². The average Bonchev–Trinajstić information content (AvgIpc) is 2.74. The van der Waals surface area contributed by atoms with Crippen LogP contribution in [-0.4, -0.2) is 6.79 Å². The maximum atomic E-state index is 6.19. The van der Waals surface area contributed by atoms with E-state index in [1.54, 1.807) is 0 Å². The van der Waals surface area contributed by atoms with Crippen molar-refractivity contribution in [1.29, 1.82) is 0 Å². The smallest absolute Gasteiger partial charge is 0.231 e. The predicted octanol–water partition coefficient (Wildman–Crippen LogP) is 2.46. The zero-order valence-corrected chi connectivity index (χ0v) is 9.19. The Morgan fingerprint density at radius 3 is 2.93 bits per heavy atom. The van der Waals surface area contributed by atoms with E-state index in [1.807, 2.05) is 18.2 Å². The van der Waals surface area contributed by atoms with Gasteiger partial charge in [0.05, 0.1) is 0 Å². The van der Waals surface area contributed by atoms with E-state index in [0.717, 1.165) is 23.5 Å². The van der Waals surface area contributed by atoms with Gasteiger partial charge in [-0.15, -0.1) is 0 Å². The molecular formula is C12H17NO2. The van der Waals surface area contributed by atoms with Gasteiger partial charge >= 0.3 is 0 Å². The molecule has 0 aliphatic carbocycles. The van der Waals surface area contributed by atoms with Crippen LogP contribution in [0.5, 0.6) is 11.5 Å². The van der Waals surface area contributed by atoms with Gasteiger partial charge in [-0.05, 0) is 12.0 Å². The molecule has 2 atom stereocenters. The summed E-state index contributed by atoms with van der Waals surface area (Å²) in [6.45, 7) is 4.60. The molecule has 15 heavy (non-hydrogen) atoms. The first-order valence-electron chi connectivity index (χ1n) is 5.38. The van der Waals surface area contributed by atoms with Crippen LogP contribution in [-0.2, 0) is 0 Å². The zero-order chi connectivity index (χ0) is 10.8. The first-order valence-corrected chi connectivity index (χ1v) is 5.38. The molecule has 1 aromatic carbocycles. The molecule has 0 saturated heterocycles. The highest BCUT2D eigenvalue weighted by atomic mass is 16.7. The second-order valence-electron chi connectivity index (χ2n) is 3.99. The third-order valence-corrected chi connectivity index (χ3v) is 3.04. The van der Waals surface area contributed by atoms with Gasteiger partial charge in [0.1, 0.15) is 0 Å². The number of ether oxygens (including phenoxy) is 2. The van der Waals surface area contributed by atoms with E-state index in [1.165, 1.54) is 0 Å². The lowest BCUT2D eigenvalue weighted by atomic mass is 9.92. The third-order valence-electron chi connectivity index (χ3n) is 3.04. The second kappa shape index (κ2) is 4.11. The molecule has 1 aliphatic heterocycles. The van der Waals surface area contributed by atoms with Crippen molar-refractivity contribution in [3.05, 3.63) is 23.8 Å². The fourth-order valence-electron chi connectivity index (χ4n) is 1.78. The number of nitrogens with two attached hydrogens (primary N) is 1. The number of rotatable bonds is 3. The summed E-state index contributed by atoms with van der Waals surface area (Å²) >= 11 is 0. The number of hydrogen-bond donors (Lipinski definition) is 1. The lowest BCUT2D eigenvalue weighted by molar-refractivity contribution is 0.172. The summed E-state index contributed by atoms with van der Waals surface area (Å²) < 4.78 is 10.8. The molecule has 0 bridgehead atoms. The molecule has 3 nitrogen and oxygen atoms in total. The lowest BCUT2D eigenvalue weighted by Crippen LogP contribution is -2.18. The zero-order valence-electron chi connectivity index (χ0n) is 9.19. The molecule has 1 aromatic rings. The number of para-hydroxylation sites is 1. The maximum Gasteiger partial charge on any atom is 0.231 e. The van der Waals surface area contributed by atoms with Gasteiger partial charge in [-0.1, -0.05) is 32.4 Å². The fourth-order valence-corrected chi connectivity index (χ4v) is 1.78. The first kappa shape index (κ1) is 10.3. The van der Waals surface area contributed by atoms with Gasteiger partial charge in [0.15, 0.2) is 11.5 Å². The molecule has 1 unspecified atom stereocenters. The van der Waals surface area contributed by atoms with Crippen LogP contribution in [0.4, 0.5) is 0 Å². The Balaban J connectivity index is 2.32. The summed E-state index contributed by atoms with van der Waals surface area (Å²) in [4.78, 5) is 0. The van der Waals surface area contributed by atoms with Crippen LogP contribution in [0.25, 0.3) is 0 Å². The Kier molecular flexibility index (Phi) is 2.82. The molecule has 2 rings (SSSR count). The van der Waals surface area contributed by atoms with Crippen molar-refractivity contribution in [3.8, 4) is 11.5 Å². The molecular weight excluding hydrogens is 190 g/mol. The Labute approximate surface area is 90.2 Å². The molecule has 0 aromatic heterocycles. The van der Waals surface area contributed by atoms with E-state index in [4.69, 9.17) is 15.2 Å². The Morgan fingerprint density at radius 2 is 2.20 bits per heavy atom. The predicted molar refractivity (Wildman–Crippen MR) is 58.9 cm³/mol. The standard InChI is InChI=1S/C12H17NO2/c1-3-8(2)11(13)9-5-4-6-10-12(9)15-7-14-10/h4-6,8,11H,3,7,13H2,1-2H3/t8?,11-/m1/s1. The van der Waals surface area contributed by atoms with Crippen molar-refractivity contribution in [2.75, 3.05) is 6.79 Å². The topological polar surface area (TPSA) is 44.5 Å². The fraction of sp³-hybridized carbons (Fsp3) is 0.500. The van der Waals surface area contributed by atoms with E-state index < -0.39 is 0 Å². The third kappa shape index (κ3) is 1.79. The molecule has 82 valence electrons. The minimum Gasteiger partial charge on any atom is -0.454 e. The highest BCUT2D eigenvalue weighted by molar-refractivity contribution is 5.49. The minimum atomic E-state index is 0.0200. The highest BCUT2D eigenvalue weighted by Gasteiger charge is 2.23. The summed E-state index contributed by atoms with van der Waals surface area (Å²) in [6.07, 6.45) is 1.06. The average molecular weight is 207 g/mol. The number of benzene rings is 1. The van der Waals surface area contributed by atoms with Gasteiger partial charge in [0, 0.05) is 11.6 Å². The van der Waals surface area contributed by atoms with Crippen LogP contribution >= 0.6 is 0 Å². The largest absolute Gasteiger partial charge is 0.454 e. The van der Waals surface area contributed by atoms with Gasteiger partial charge in [-0.25, -0.2) is 0 Å². The van der Waals surface area contributed by atoms with Crippen LogP contribution in [0, 0.1) is 5.92 Å². The van der Waals surface area contributed by atoms with Gasteiger partial charge in [0.25, 0.3) is 0 Å². The molecule has 3 heteroatoms. The molecule has 0 saturated carbocycles. The van der Waals surface area contributed by atoms with E-state index in [-0.39, 0.29) is 6.04 Å². The molecule has 1 heterocycles. The maximum absolute atomic E-state index is 6.19. The molecule has 0 amide bonds. The van der Waals surface area contributed by atoms with Crippen LogP contribution in [0.1, 0.15) is 31.9 Å². The summed E-state index contributed by atoms with van der Waals surface area (Å²) in [5.74, 6) is 2.08. The summed E-state index contributed by atoms with van der Waals surface area (Å²) in [6, 6.07) is 5.91. The van der Waals surface area contributed by atoms with Crippen LogP contribution in [0.15, 0.2) is 18.2 Å². The summed E-state index contributed by atoms with van der Waals surface area (Å²) in [5, 5.41) is 0. The number of fused-ring (bicyclic) bond motifs is 1. The second-order valence-corrected chi connectivity index (χ2v) is 3.99. The molecule has 0 fully saturated rings. The SMILES string of the molecule is CCC(C)[C@@H](N)c1cccc2c1OCO2. The Hall–Kier alpha value is -1.22. The van der Waals surface area contributed by atoms with Gasteiger partial charge in [-0.3, -0.25) is 0 Å². The normalized spacial score (nSPS) is 17.5. The summed E-state index contributed by atoms with van der Waals surface area (Å²) in [7, 11) is 0. The van der Waals surface area contributed by atoms with Crippen molar-refractivity contribution >= 4 is 0 Å². The molecule has 1 aliphatic rings. The molecule has 0 spiro atoms. The van der Waals surface area contributed by atoms with Gasteiger partial charge in [-0.2, -0.15) is 0 Å². The van der Waals surface area contributed by atoms with Crippen LogP contribution in [0.2, 0.25) is 0 Å². The first-order chi connectivity index (χ1) is 7.24. The van der Waals surface area contributed by atoms with Crippen molar-refractivity contribution in [2.24, 2.45) is 11.7 Å². The van der Waals surface area contributed by atoms with Crippen LogP contribution < -0.4 is 15.2 Å². The minimum absolute atomic E-state index is 0.0200. The van der Waals surface area contributed by atoms with Gasteiger partial charge in [0.2, 0.25) is 6.79 Å². The van der Waals surface area contributed by atoms with E-state index >= 15 is 0 Å². The lowest BCUT2D eigenvalue weighted by Gasteiger charge is -2.19.